The highest BCUT2D eigenvalue weighted by atomic mass is 32.2. The highest BCUT2D eigenvalue weighted by molar-refractivity contribution is 7.99. The number of ketones is 1. The van der Waals surface area contributed by atoms with E-state index in [9.17, 15) is 4.79 Å². The van der Waals surface area contributed by atoms with Crippen molar-refractivity contribution in [2.24, 2.45) is 11.8 Å². The topological polar surface area (TPSA) is 17.1 Å². The molecule has 0 bridgehead atoms. The van der Waals surface area contributed by atoms with Gasteiger partial charge in [0, 0.05) is 17.6 Å². The van der Waals surface area contributed by atoms with Gasteiger partial charge in [-0.1, -0.05) is 32.4 Å². The van der Waals surface area contributed by atoms with E-state index >= 15 is 0 Å². The van der Waals surface area contributed by atoms with Gasteiger partial charge in [0.05, 0.1) is 0 Å². The molecule has 1 rings (SSSR count). The van der Waals surface area contributed by atoms with Crippen molar-refractivity contribution in [2.45, 2.75) is 51.7 Å². The maximum absolute atomic E-state index is 11.9. The SMILES string of the molecule is C=C(C)C1CC(=O)C(C)C(SCCCC)C1. The van der Waals surface area contributed by atoms with Gasteiger partial charge in [0.15, 0.2) is 0 Å². The summed E-state index contributed by atoms with van der Waals surface area (Å²) in [6, 6.07) is 0. The predicted octanol–water partition coefficient (Wildman–Crippen LogP) is 4.08. The van der Waals surface area contributed by atoms with E-state index in [1.807, 2.05) is 11.8 Å². The Kier molecular flexibility index (Phi) is 5.60. The summed E-state index contributed by atoms with van der Waals surface area (Å²) < 4.78 is 0. The molecule has 2 heteroatoms. The van der Waals surface area contributed by atoms with Gasteiger partial charge >= 0.3 is 0 Å². The maximum atomic E-state index is 11.9. The second-order valence-corrected chi connectivity index (χ2v) is 6.35. The Hall–Kier alpha value is -0.240. The molecule has 0 aromatic carbocycles. The van der Waals surface area contributed by atoms with Crippen molar-refractivity contribution < 1.29 is 4.79 Å². The lowest BCUT2D eigenvalue weighted by atomic mass is 9.79. The number of carbonyl (C=O) groups excluding carboxylic acids is 1. The van der Waals surface area contributed by atoms with Crippen molar-refractivity contribution in [3.05, 3.63) is 12.2 Å². The monoisotopic (exact) mass is 240 g/mol. The van der Waals surface area contributed by atoms with Crippen LogP contribution in [0.5, 0.6) is 0 Å². The predicted molar refractivity (Wildman–Crippen MR) is 72.9 cm³/mol. The molecule has 0 aromatic heterocycles. The molecule has 0 amide bonds. The van der Waals surface area contributed by atoms with Crippen LogP contribution in [0.4, 0.5) is 0 Å². The molecule has 1 fully saturated rings. The van der Waals surface area contributed by atoms with Crippen LogP contribution in [0.3, 0.4) is 0 Å². The van der Waals surface area contributed by atoms with Gasteiger partial charge in [0.2, 0.25) is 0 Å². The quantitative estimate of drug-likeness (QED) is 0.532. The summed E-state index contributed by atoms with van der Waals surface area (Å²) in [5.74, 6) is 2.32. The Morgan fingerprint density at radius 1 is 1.56 bits per heavy atom. The minimum absolute atomic E-state index is 0.248. The summed E-state index contributed by atoms with van der Waals surface area (Å²) in [5, 5.41) is 0.523. The van der Waals surface area contributed by atoms with Crippen molar-refractivity contribution in [3.63, 3.8) is 0 Å². The lowest BCUT2D eigenvalue weighted by Crippen LogP contribution is -2.33. The molecule has 1 saturated carbocycles. The number of unbranched alkanes of at least 4 members (excludes halogenated alkanes) is 1. The molecule has 3 atom stereocenters. The van der Waals surface area contributed by atoms with E-state index in [4.69, 9.17) is 0 Å². The van der Waals surface area contributed by atoms with E-state index in [0.717, 1.165) is 12.8 Å². The summed E-state index contributed by atoms with van der Waals surface area (Å²) in [5.41, 5.74) is 1.18. The molecule has 92 valence electrons. The normalized spacial score (nSPS) is 30.4. The maximum Gasteiger partial charge on any atom is 0.137 e. The zero-order valence-electron chi connectivity index (χ0n) is 10.8. The zero-order valence-corrected chi connectivity index (χ0v) is 11.6. The molecule has 1 aliphatic carbocycles. The van der Waals surface area contributed by atoms with Crippen LogP contribution >= 0.6 is 11.8 Å². The first kappa shape index (κ1) is 13.8. The first-order valence-corrected chi connectivity index (χ1v) is 7.40. The van der Waals surface area contributed by atoms with Crippen LogP contribution in [-0.2, 0) is 4.79 Å². The standard InChI is InChI=1S/C14H24OS/c1-5-6-7-16-14-9-12(10(2)3)8-13(15)11(14)4/h11-12,14H,2,5-9H2,1,3-4H3. The van der Waals surface area contributed by atoms with Gasteiger partial charge in [-0.2, -0.15) is 11.8 Å². The number of thioether (sulfide) groups is 1. The lowest BCUT2D eigenvalue weighted by Gasteiger charge is -2.33. The molecule has 1 aliphatic rings. The molecule has 16 heavy (non-hydrogen) atoms. The molecule has 0 radical (unpaired) electrons. The van der Waals surface area contributed by atoms with Crippen LogP contribution in [0.1, 0.15) is 46.5 Å². The number of hydrogen-bond acceptors (Lipinski definition) is 2. The fourth-order valence-electron chi connectivity index (χ4n) is 2.17. The van der Waals surface area contributed by atoms with Crippen molar-refractivity contribution in [1.82, 2.24) is 0 Å². The number of rotatable bonds is 5. The van der Waals surface area contributed by atoms with Gasteiger partial charge in [-0.3, -0.25) is 4.79 Å². The Balaban J connectivity index is 2.52. The van der Waals surface area contributed by atoms with Crippen molar-refractivity contribution in [1.29, 1.82) is 0 Å². The smallest absolute Gasteiger partial charge is 0.137 e. The number of hydrogen-bond donors (Lipinski definition) is 0. The Bertz CT molecular complexity index is 259. The van der Waals surface area contributed by atoms with Crippen molar-refractivity contribution in [2.75, 3.05) is 5.75 Å². The van der Waals surface area contributed by atoms with Gasteiger partial charge in [-0.15, -0.1) is 0 Å². The van der Waals surface area contributed by atoms with Gasteiger partial charge in [-0.05, 0) is 31.4 Å². The third kappa shape index (κ3) is 3.65. The number of allylic oxidation sites excluding steroid dienone is 1. The number of carbonyl (C=O) groups is 1. The van der Waals surface area contributed by atoms with Crippen LogP contribution < -0.4 is 0 Å². The first-order chi connectivity index (χ1) is 7.56. The van der Waals surface area contributed by atoms with Crippen molar-refractivity contribution in [3.8, 4) is 0 Å². The first-order valence-electron chi connectivity index (χ1n) is 6.36. The molecular formula is C14H24OS. The Morgan fingerprint density at radius 2 is 2.25 bits per heavy atom. The largest absolute Gasteiger partial charge is 0.299 e. The summed E-state index contributed by atoms with van der Waals surface area (Å²) in [6.07, 6.45) is 4.38. The molecule has 0 heterocycles. The molecule has 1 nitrogen and oxygen atoms in total. The molecule has 0 aromatic rings. The minimum atomic E-state index is 0.248. The van der Waals surface area contributed by atoms with E-state index in [0.29, 0.717) is 17.0 Å². The average Bonchev–Trinajstić information content (AvgIpc) is 2.24. The molecule has 3 unspecified atom stereocenters. The average molecular weight is 240 g/mol. The molecule has 0 aliphatic heterocycles. The van der Waals surface area contributed by atoms with Crippen LogP contribution in [-0.4, -0.2) is 16.8 Å². The summed E-state index contributed by atoms with van der Waals surface area (Å²) in [6.45, 7) is 10.4. The minimum Gasteiger partial charge on any atom is -0.299 e. The highest BCUT2D eigenvalue weighted by Gasteiger charge is 2.33. The van der Waals surface area contributed by atoms with Gasteiger partial charge < -0.3 is 0 Å². The van der Waals surface area contributed by atoms with E-state index in [1.165, 1.54) is 24.2 Å². The van der Waals surface area contributed by atoms with Crippen molar-refractivity contribution >= 4 is 17.5 Å². The van der Waals surface area contributed by atoms with Crippen LogP contribution in [0.2, 0.25) is 0 Å². The van der Waals surface area contributed by atoms with E-state index in [2.05, 4.69) is 27.4 Å². The van der Waals surface area contributed by atoms with Gasteiger partial charge in [0.1, 0.15) is 5.78 Å². The Morgan fingerprint density at radius 3 is 2.81 bits per heavy atom. The lowest BCUT2D eigenvalue weighted by molar-refractivity contribution is -0.124. The molecule has 0 saturated heterocycles. The second-order valence-electron chi connectivity index (χ2n) is 5.00. The Labute approximate surface area is 104 Å². The highest BCUT2D eigenvalue weighted by Crippen LogP contribution is 2.37. The van der Waals surface area contributed by atoms with Gasteiger partial charge in [-0.25, -0.2) is 0 Å². The van der Waals surface area contributed by atoms with Crippen LogP contribution in [0, 0.1) is 11.8 Å². The third-order valence-electron chi connectivity index (χ3n) is 3.56. The fraction of sp³-hybridized carbons (Fsp3) is 0.786. The number of Topliss-reactive ketones (excluding diaryl/α,β-unsaturated/α-hetero) is 1. The summed E-state index contributed by atoms with van der Waals surface area (Å²) in [4.78, 5) is 11.9. The van der Waals surface area contributed by atoms with E-state index in [-0.39, 0.29) is 5.92 Å². The fourth-order valence-corrected chi connectivity index (χ4v) is 3.74. The molecule has 0 N–H and O–H groups in total. The van der Waals surface area contributed by atoms with Gasteiger partial charge in [0.25, 0.3) is 0 Å². The summed E-state index contributed by atoms with van der Waals surface area (Å²) >= 11 is 1.99. The van der Waals surface area contributed by atoms with E-state index in [1.54, 1.807) is 0 Å². The third-order valence-corrected chi connectivity index (χ3v) is 5.11. The van der Waals surface area contributed by atoms with Crippen LogP contribution in [0.15, 0.2) is 12.2 Å². The van der Waals surface area contributed by atoms with Crippen LogP contribution in [0.25, 0.3) is 0 Å². The second kappa shape index (κ2) is 6.48. The molecule has 0 spiro atoms. The zero-order chi connectivity index (χ0) is 12.1. The van der Waals surface area contributed by atoms with E-state index < -0.39 is 0 Å². The molecular weight excluding hydrogens is 216 g/mol. The summed E-state index contributed by atoms with van der Waals surface area (Å²) in [7, 11) is 0.